The molecule has 12 nitrogen and oxygen atoms in total. The maximum Gasteiger partial charge on any atom is 0.329 e. The van der Waals surface area contributed by atoms with Gasteiger partial charge in [-0.25, -0.2) is 10.2 Å². The molecule has 2 aromatic heterocycles. The van der Waals surface area contributed by atoms with E-state index in [1.807, 2.05) is 0 Å². The summed E-state index contributed by atoms with van der Waals surface area (Å²) in [6.45, 7) is 1.72. The van der Waals surface area contributed by atoms with Crippen LogP contribution in [0.3, 0.4) is 0 Å². The number of aryl methyl sites for hydroxylation is 2. The first-order valence-electron chi connectivity index (χ1n) is 10.6. The molecule has 4 N–H and O–H groups in total. The average molecular weight is 455 g/mol. The van der Waals surface area contributed by atoms with E-state index < -0.39 is 17.2 Å². The zero-order chi connectivity index (χ0) is 23.5. The number of nitrogens with one attached hydrogen (secondary N) is 2. The number of rotatable bonds is 6. The standard InChI is InChI=1S/C21H25N7O5/c1-26-18-17(19(32)24-21(26)33)28(20(23-18)27-8-3-2-4-9-27)10-7-16(31)25-22-12-13-5-6-14(29)11-15(13)30/h5-6,11-12,29-30H,2-4,7-10H2,1H3,(H,25,31)(H,24,32,33)/b22-12+. The number of phenolic OH excluding ortho intramolecular Hbond substituents is 2. The summed E-state index contributed by atoms with van der Waals surface area (Å²) in [5.41, 5.74) is 2.12. The smallest absolute Gasteiger partial charge is 0.329 e. The van der Waals surface area contributed by atoms with E-state index >= 15 is 0 Å². The van der Waals surface area contributed by atoms with E-state index in [0.717, 1.165) is 32.4 Å². The summed E-state index contributed by atoms with van der Waals surface area (Å²) in [5, 5.41) is 22.9. The molecular weight excluding hydrogens is 430 g/mol. The summed E-state index contributed by atoms with van der Waals surface area (Å²) < 4.78 is 2.96. The second kappa shape index (κ2) is 9.18. The number of H-pyrrole nitrogens is 1. The number of hydrogen-bond donors (Lipinski definition) is 4. The van der Waals surface area contributed by atoms with E-state index in [9.17, 15) is 24.6 Å². The number of nitrogens with zero attached hydrogens (tertiary/aromatic N) is 5. The molecule has 0 atom stereocenters. The highest BCUT2D eigenvalue weighted by Gasteiger charge is 2.23. The van der Waals surface area contributed by atoms with Gasteiger partial charge in [-0.2, -0.15) is 10.1 Å². The van der Waals surface area contributed by atoms with Crippen LogP contribution in [0, 0.1) is 0 Å². The van der Waals surface area contributed by atoms with Gasteiger partial charge in [-0.05, 0) is 31.4 Å². The quantitative estimate of drug-likeness (QED) is 0.309. The van der Waals surface area contributed by atoms with Crippen molar-refractivity contribution in [3.8, 4) is 11.5 Å². The predicted octanol–water partition coefficient (Wildman–Crippen LogP) is 0.365. The Hall–Kier alpha value is -4.09. The van der Waals surface area contributed by atoms with Crippen LogP contribution in [0.15, 0.2) is 32.9 Å². The van der Waals surface area contributed by atoms with Gasteiger partial charge in [0, 0.05) is 44.7 Å². The lowest BCUT2D eigenvalue weighted by molar-refractivity contribution is -0.121. The molecule has 0 saturated carbocycles. The van der Waals surface area contributed by atoms with Crippen LogP contribution in [0.4, 0.5) is 5.95 Å². The zero-order valence-corrected chi connectivity index (χ0v) is 18.1. The lowest BCUT2D eigenvalue weighted by atomic mass is 10.1. The molecule has 1 aromatic carbocycles. The summed E-state index contributed by atoms with van der Waals surface area (Å²) in [6, 6.07) is 4.01. The van der Waals surface area contributed by atoms with Crippen molar-refractivity contribution in [1.82, 2.24) is 24.5 Å². The Morgan fingerprint density at radius 1 is 1.24 bits per heavy atom. The number of aromatic hydroxyl groups is 2. The number of carbonyl (C=O) groups excluding carboxylic acids is 1. The molecule has 1 fully saturated rings. The molecule has 4 rings (SSSR count). The maximum atomic E-state index is 12.6. The van der Waals surface area contributed by atoms with Crippen molar-refractivity contribution in [1.29, 1.82) is 0 Å². The first kappa shape index (κ1) is 22.1. The van der Waals surface area contributed by atoms with Crippen molar-refractivity contribution in [3.05, 3.63) is 44.6 Å². The van der Waals surface area contributed by atoms with Gasteiger partial charge in [-0.15, -0.1) is 0 Å². The zero-order valence-electron chi connectivity index (χ0n) is 18.1. The second-order valence-corrected chi connectivity index (χ2v) is 7.89. The highest BCUT2D eigenvalue weighted by atomic mass is 16.3. The largest absolute Gasteiger partial charge is 0.508 e. The lowest BCUT2D eigenvalue weighted by Crippen LogP contribution is -2.33. The minimum Gasteiger partial charge on any atom is -0.508 e. The number of carbonyl (C=O) groups is 1. The molecule has 3 heterocycles. The third-order valence-corrected chi connectivity index (χ3v) is 5.60. The van der Waals surface area contributed by atoms with Crippen molar-refractivity contribution in [2.24, 2.45) is 12.1 Å². The van der Waals surface area contributed by atoms with Gasteiger partial charge in [-0.1, -0.05) is 0 Å². The Morgan fingerprint density at radius 2 is 2.00 bits per heavy atom. The highest BCUT2D eigenvalue weighted by molar-refractivity contribution is 5.85. The molecule has 1 amide bonds. The molecule has 12 heteroatoms. The van der Waals surface area contributed by atoms with Gasteiger partial charge in [0.1, 0.15) is 11.5 Å². The fraction of sp³-hybridized carbons (Fsp3) is 0.381. The normalized spacial score (nSPS) is 14.3. The topological polar surface area (TPSA) is 158 Å². The number of benzene rings is 1. The molecule has 0 spiro atoms. The van der Waals surface area contributed by atoms with Gasteiger partial charge >= 0.3 is 5.69 Å². The monoisotopic (exact) mass is 455 g/mol. The summed E-state index contributed by atoms with van der Waals surface area (Å²) in [4.78, 5) is 45.9. The van der Waals surface area contributed by atoms with Crippen LogP contribution < -0.4 is 21.6 Å². The van der Waals surface area contributed by atoms with Crippen molar-refractivity contribution in [3.63, 3.8) is 0 Å². The molecule has 1 aliphatic heterocycles. The molecule has 3 aromatic rings. The van der Waals surface area contributed by atoms with E-state index in [1.54, 1.807) is 4.57 Å². The lowest BCUT2D eigenvalue weighted by Gasteiger charge is -2.28. The number of piperidine rings is 1. The Labute approximate surface area is 187 Å². The predicted molar refractivity (Wildman–Crippen MR) is 122 cm³/mol. The minimum absolute atomic E-state index is 0.00742. The first-order valence-corrected chi connectivity index (χ1v) is 10.6. The van der Waals surface area contributed by atoms with Crippen molar-refractivity contribution >= 4 is 29.2 Å². The Bertz CT molecular complexity index is 1330. The number of hydrogen-bond acceptors (Lipinski definition) is 8. The number of aromatic amines is 1. The van der Waals surface area contributed by atoms with E-state index in [2.05, 4.69) is 25.4 Å². The van der Waals surface area contributed by atoms with Crippen LogP contribution >= 0.6 is 0 Å². The summed E-state index contributed by atoms with van der Waals surface area (Å²) >= 11 is 0. The van der Waals surface area contributed by atoms with Crippen LogP contribution in [0.2, 0.25) is 0 Å². The highest BCUT2D eigenvalue weighted by Crippen LogP contribution is 2.23. The van der Waals surface area contributed by atoms with Gasteiger partial charge in [0.2, 0.25) is 11.9 Å². The summed E-state index contributed by atoms with van der Waals surface area (Å²) in [5.74, 6) is -0.105. The number of imidazole rings is 1. The van der Waals surface area contributed by atoms with Crippen LogP contribution in [0.25, 0.3) is 11.2 Å². The molecule has 33 heavy (non-hydrogen) atoms. The van der Waals surface area contributed by atoms with Crippen molar-refractivity contribution in [2.45, 2.75) is 32.2 Å². The van der Waals surface area contributed by atoms with Crippen LogP contribution in [0.5, 0.6) is 11.5 Å². The Morgan fingerprint density at radius 3 is 2.73 bits per heavy atom. The fourth-order valence-electron chi connectivity index (χ4n) is 3.85. The van der Waals surface area contributed by atoms with Gasteiger partial charge in [0.25, 0.3) is 5.56 Å². The van der Waals surface area contributed by atoms with Crippen molar-refractivity contribution in [2.75, 3.05) is 18.0 Å². The number of amides is 1. The van der Waals surface area contributed by atoms with Crippen LogP contribution in [-0.2, 0) is 18.4 Å². The minimum atomic E-state index is -0.551. The van der Waals surface area contributed by atoms with Gasteiger partial charge in [0.05, 0.1) is 6.21 Å². The molecule has 0 unspecified atom stereocenters. The number of aromatic nitrogens is 4. The van der Waals surface area contributed by atoms with Gasteiger partial charge < -0.3 is 19.7 Å². The van der Waals surface area contributed by atoms with E-state index in [-0.39, 0.29) is 35.6 Å². The van der Waals surface area contributed by atoms with Gasteiger partial charge in [0.15, 0.2) is 11.2 Å². The molecule has 0 bridgehead atoms. The van der Waals surface area contributed by atoms with Crippen molar-refractivity contribution < 1.29 is 15.0 Å². The number of phenols is 2. The Balaban J connectivity index is 1.55. The maximum absolute atomic E-state index is 12.6. The summed E-state index contributed by atoms with van der Waals surface area (Å²) in [7, 11) is 1.54. The summed E-state index contributed by atoms with van der Waals surface area (Å²) in [6.07, 6.45) is 4.38. The molecular formula is C21H25N7O5. The third-order valence-electron chi connectivity index (χ3n) is 5.60. The first-order chi connectivity index (χ1) is 15.8. The number of hydrazone groups is 1. The third kappa shape index (κ3) is 4.59. The van der Waals surface area contributed by atoms with Crippen LogP contribution in [-0.4, -0.2) is 54.5 Å². The average Bonchev–Trinajstić information content (AvgIpc) is 3.18. The molecule has 0 radical (unpaired) electrons. The van der Waals surface area contributed by atoms with Gasteiger partial charge in [-0.3, -0.25) is 19.1 Å². The second-order valence-electron chi connectivity index (χ2n) is 7.89. The SMILES string of the molecule is Cn1c(=O)[nH]c(=O)c2c1nc(N1CCCCC1)n2CCC(=O)N/N=C/c1ccc(O)cc1O. The van der Waals surface area contributed by atoms with E-state index in [0.29, 0.717) is 11.5 Å². The number of fused-ring (bicyclic) bond motifs is 1. The fourth-order valence-corrected chi connectivity index (χ4v) is 3.85. The Kier molecular flexibility index (Phi) is 6.16. The molecule has 1 aliphatic rings. The van der Waals surface area contributed by atoms with E-state index in [1.165, 1.54) is 36.0 Å². The molecule has 1 saturated heterocycles. The molecule has 174 valence electrons. The number of anilines is 1. The molecule has 0 aliphatic carbocycles. The van der Waals surface area contributed by atoms with Crippen LogP contribution in [0.1, 0.15) is 31.2 Å². The van der Waals surface area contributed by atoms with E-state index in [4.69, 9.17) is 0 Å².